The minimum atomic E-state index is 0.716. The lowest BCUT2D eigenvalue weighted by atomic mass is 9.95. The number of fused-ring (bicyclic) bond motifs is 24. The lowest BCUT2D eigenvalue weighted by molar-refractivity contribution is 1.13. The summed E-state index contributed by atoms with van der Waals surface area (Å²) in [6, 6.07) is 149. The topological polar surface area (TPSA) is 190 Å². The van der Waals surface area contributed by atoms with Crippen molar-refractivity contribution in [1.29, 1.82) is 0 Å². The highest BCUT2D eigenvalue weighted by Gasteiger charge is 2.26. The van der Waals surface area contributed by atoms with Crippen molar-refractivity contribution >= 4 is 209 Å². The largest absolute Gasteiger partial charge is 0.309 e. The monoisotopic (exact) mass is 1910 g/mol. The Morgan fingerprint density at radius 2 is 0.535 bits per heavy atom. The van der Waals surface area contributed by atoms with E-state index in [-0.39, 0.29) is 0 Å². The minimum absolute atomic E-state index is 0.716. The van der Waals surface area contributed by atoms with Crippen molar-refractivity contribution in [1.82, 2.24) is 75.2 Å². The molecular formula is C124H72N16S4. The molecule has 30 rings (SSSR count). The Kier molecular flexibility index (Phi) is 20.3. The number of nitrogens with zero attached hydrogens (tertiary/aromatic N) is 16. The van der Waals surface area contributed by atoms with Crippen LogP contribution in [0.3, 0.4) is 0 Å². The van der Waals surface area contributed by atoms with Gasteiger partial charge in [-0.1, -0.05) is 285 Å². The molecule has 0 aliphatic rings. The van der Waals surface area contributed by atoms with Gasteiger partial charge in [0.05, 0.1) is 130 Å². The SMILES string of the molecule is c1ccc(-c2nc(-c3ccc4c(c3)nc(-c3ccccc3)c3ccc5nsnc5c34)c3sc4ccccc4c3n2)cc1.c1ccc(-c2nc3cc(-c4cc(-n5c6ccccc6c6ccccc65)cc(-n5c6ccccc6c6ccccc65)c4)ccc3c3c2ccc2nsnc23)cc1.c1ccc(-c2nc3cc(-c4ccc(-c5cc(-c6ccccn6)nc(-c6ccccn6)c5)cc4)ccc3c3c2ccc2nsnc23)cc1. The van der Waals surface area contributed by atoms with E-state index in [1.807, 2.05) is 84.9 Å². The summed E-state index contributed by atoms with van der Waals surface area (Å²) in [5.74, 6) is 0.716. The molecule has 0 saturated heterocycles. The number of aromatic nitrogens is 16. The summed E-state index contributed by atoms with van der Waals surface area (Å²) in [5.41, 5.74) is 34.8. The number of hydrogen-bond acceptors (Lipinski definition) is 18. The third-order valence-electron chi connectivity index (χ3n) is 27.4. The van der Waals surface area contributed by atoms with Crippen molar-refractivity contribution in [3.05, 3.63) is 437 Å². The summed E-state index contributed by atoms with van der Waals surface area (Å²) in [5, 5.41) is 15.8. The fraction of sp³-hybridized carbons (Fsp3) is 0. The van der Waals surface area contributed by atoms with E-state index in [9.17, 15) is 0 Å². The first kappa shape index (κ1) is 83.7. The second-order valence-electron chi connectivity index (χ2n) is 35.7. The molecule has 20 heteroatoms. The van der Waals surface area contributed by atoms with Crippen molar-refractivity contribution < 1.29 is 0 Å². The van der Waals surface area contributed by atoms with Crippen molar-refractivity contribution in [3.63, 3.8) is 0 Å². The van der Waals surface area contributed by atoms with Crippen LogP contribution in [0.1, 0.15) is 0 Å². The third kappa shape index (κ3) is 14.4. The van der Waals surface area contributed by atoms with E-state index >= 15 is 0 Å². The van der Waals surface area contributed by atoms with Crippen LogP contribution in [0.15, 0.2) is 437 Å². The van der Waals surface area contributed by atoms with E-state index < -0.39 is 0 Å². The highest BCUT2D eigenvalue weighted by atomic mass is 32.1. The van der Waals surface area contributed by atoms with E-state index in [1.54, 1.807) is 23.7 Å². The van der Waals surface area contributed by atoms with Crippen molar-refractivity contribution in [2.24, 2.45) is 0 Å². The van der Waals surface area contributed by atoms with Crippen LogP contribution in [0, 0.1) is 0 Å². The molecule has 17 aromatic carbocycles. The van der Waals surface area contributed by atoms with Crippen LogP contribution in [-0.4, -0.2) is 75.2 Å². The summed E-state index contributed by atoms with van der Waals surface area (Å²) in [4.78, 5) is 40.2. The summed E-state index contributed by atoms with van der Waals surface area (Å²) in [6.45, 7) is 0. The van der Waals surface area contributed by atoms with Gasteiger partial charge in [0.25, 0.3) is 0 Å². The van der Waals surface area contributed by atoms with Crippen molar-refractivity contribution in [3.8, 4) is 124 Å². The molecule has 0 unspecified atom stereocenters. The molecule has 0 saturated carbocycles. The fourth-order valence-electron chi connectivity index (χ4n) is 20.7. The first-order valence-electron chi connectivity index (χ1n) is 47.3. The van der Waals surface area contributed by atoms with Gasteiger partial charge in [0.2, 0.25) is 0 Å². The maximum atomic E-state index is 5.40. The highest BCUT2D eigenvalue weighted by Crippen LogP contribution is 2.48. The number of hydrogen-bond donors (Lipinski definition) is 0. The number of thiophene rings is 1. The standard InChI is InChI=1S/C49H29N5S.C40H24N6S.C35H19N5S2/c1-2-12-30(13-3-1)48-40-24-25-41-49(52-55-51-41)47(40)39-23-22-31(28-42(39)50-48)32-26-33(53-43-18-8-4-14-35(43)36-15-5-9-19-44(36)53)29-34(27-32)54-45-20-10-6-16-37(45)38-17-7-11-21-46(38)54;1-2-8-27(9-3-1)39-31-18-19-34-40(46-47-45-34)38(31)30-17-16-28(22-35(30)44-39)25-12-14-26(15-13-25)29-23-36(32-10-4-6-20-41-32)43-37(24-29)33-11-5-7-21-42-33;1-3-9-20(10-4-1)30-25-17-18-26-33(40-42-39-26)29(25)23-16-15-22(19-27(23)36-30)31-34-32(24-13-7-8-14-28(24)41-34)38-35(37-31)21-11-5-2-6-12-21/h1-29H;1-24H;1-19H. The molecule has 30 aromatic rings. The van der Waals surface area contributed by atoms with E-state index in [0.717, 1.165) is 232 Å². The van der Waals surface area contributed by atoms with Gasteiger partial charge in [0, 0.05) is 132 Å². The first-order valence-corrected chi connectivity index (χ1v) is 50.4. The summed E-state index contributed by atoms with van der Waals surface area (Å²) >= 11 is 5.48. The van der Waals surface area contributed by atoms with E-state index in [2.05, 4.69) is 372 Å². The molecule has 0 aliphatic carbocycles. The maximum Gasteiger partial charge on any atom is 0.160 e. The number of para-hydroxylation sites is 4. The Bertz CT molecular complexity index is 10100. The molecular weight excluding hydrogens is 1840 g/mol. The van der Waals surface area contributed by atoms with Gasteiger partial charge in [-0.15, -0.1) is 11.3 Å². The van der Waals surface area contributed by atoms with Crippen LogP contribution in [0.5, 0.6) is 0 Å². The molecule has 0 spiro atoms. The van der Waals surface area contributed by atoms with Gasteiger partial charge in [-0.25, -0.2) is 29.9 Å². The predicted octanol–water partition coefficient (Wildman–Crippen LogP) is 32.4. The minimum Gasteiger partial charge on any atom is -0.309 e. The smallest absolute Gasteiger partial charge is 0.160 e. The second kappa shape index (κ2) is 34.9. The Hall–Kier alpha value is -18.4. The highest BCUT2D eigenvalue weighted by molar-refractivity contribution is 7.26. The Morgan fingerprint density at radius 3 is 0.958 bits per heavy atom. The quantitative estimate of drug-likeness (QED) is 0.105. The van der Waals surface area contributed by atoms with Crippen LogP contribution in [0.25, 0.3) is 286 Å². The van der Waals surface area contributed by atoms with Gasteiger partial charge in [0.15, 0.2) is 5.82 Å². The normalized spacial score (nSPS) is 11.8. The van der Waals surface area contributed by atoms with Gasteiger partial charge in [0.1, 0.15) is 33.1 Å². The number of pyridine rings is 6. The zero-order valence-electron chi connectivity index (χ0n) is 76.4. The van der Waals surface area contributed by atoms with Crippen LogP contribution in [-0.2, 0) is 0 Å². The zero-order chi connectivity index (χ0) is 94.8. The van der Waals surface area contributed by atoms with Crippen LogP contribution in [0.2, 0.25) is 0 Å². The van der Waals surface area contributed by atoms with Crippen LogP contribution >= 0.6 is 46.5 Å². The van der Waals surface area contributed by atoms with Gasteiger partial charge in [-0.05, 0) is 173 Å². The molecule has 0 bridgehead atoms. The Balaban J connectivity index is 0.000000106. The molecule has 0 amide bonds. The third-order valence-corrected chi connectivity index (χ3v) is 30.2. The molecule has 144 heavy (non-hydrogen) atoms. The lowest BCUT2D eigenvalue weighted by Gasteiger charge is -2.16. The molecule has 0 N–H and O–H groups in total. The van der Waals surface area contributed by atoms with E-state index in [4.69, 9.17) is 43.0 Å². The summed E-state index contributed by atoms with van der Waals surface area (Å²) in [7, 11) is 0. The Morgan fingerprint density at radius 1 is 0.188 bits per heavy atom. The number of rotatable bonds is 12. The van der Waals surface area contributed by atoms with E-state index in [0.29, 0.717) is 5.82 Å². The summed E-state index contributed by atoms with van der Waals surface area (Å²) in [6.07, 6.45) is 3.58. The fourth-order valence-corrected chi connectivity index (χ4v) is 23.5. The van der Waals surface area contributed by atoms with Gasteiger partial charge in [-0.3, -0.25) is 9.97 Å². The molecule has 672 valence electrons. The molecule has 16 nitrogen and oxygen atoms in total. The lowest BCUT2D eigenvalue weighted by Crippen LogP contribution is -2.00. The van der Waals surface area contributed by atoms with Crippen molar-refractivity contribution in [2.45, 2.75) is 0 Å². The average Bonchev–Trinajstić information content (AvgIpc) is 1.04. The van der Waals surface area contributed by atoms with Crippen molar-refractivity contribution in [2.75, 3.05) is 0 Å². The molecule has 13 heterocycles. The van der Waals surface area contributed by atoms with E-state index in [1.165, 1.54) is 83.5 Å². The first-order chi connectivity index (χ1) is 71.4. The summed E-state index contributed by atoms with van der Waals surface area (Å²) < 4.78 is 34.9. The molecule has 0 aliphatic heterocycles. The number of benzene rings is 17. The average molecular weight is 1910 g/mol. The van der Waals surface area contributed by atoms with Gasteiger partial charge >= 0.3 is 0 Å². The molecule has 0 radical (unpaired) electrons. The van der Waals surface area contributed by atoms with Crippen LogP contribution < -0.4 is 0 Å². The molecule has 0 fully saturated rings. The Labute approximate surface area is 838 Å². The van der Waals surface area contributed by atoms with Gasteiger partial charge < -0.3 is 9.13 Å². The zero-order valence-corrected chi connectivity index (χ0v) is 79.6. The molecule has 0 atom stereocenters. The van der Waals surface area contributed by atoms with Gasteiger partial charge in [-0.2, -0.15) is 26.2 Å². The predicted molar refractivity (Wildman–Crippen MR) is 596 cm³/mol. The molecule has 13 aromatic heterocycles. The maximum absolute atomic E-state index is 5.40. The second-order valence-corrected chi connectivity index (χ2v) is 38.3. The van der Waals surface area contributed by atoms with Crippen LogP contribution in [0.4, 0.5) is 0 Å².